The number of carbonyl (C=O) groups is 1. The van der Waals surface area contributed by atoms with Crippen molar-refractivity contribution in [3.8, 4) is 0 Å². The number of amides is 1. The highest BCUT2D eigenvalue weighted by Gasteiger charge is 2.14. The molecule has 2 aromatic heterocycles. The minimum absolute atomic E-state index is 0.0486. The third-order valence-electron chi connectivity index (χ3n) is 3.47. The molecule has 0 spiro atoms. The number of fused-ring (bicyclic) bond motifs is 1. The Morgan fingerprint density at radius 1 is 1.21 bits per heavy atom. The quantitative estimate of drug-likeness (QED) is 0.589. The highest BCUT2D eigenvalue weighted by molar-refractivity contribution is 5.92. The van der Waals surface area contributed by atoms with Gasteiger partial charge in [-0.15, -0.1) is 5.10 Å². The molecule has 24 heavy (non-hydrogen) atoms. The molecule has 1 amide bonds. The molecule has 0 radical (unpaired) electrons. The standard InChI is InChI=1S/C17H18N6O/c1-11-9-13(3)23-17(18-11)19-15(22-23)16(24)21-20-12(2)10-14-7-5-4-6-8-14/h4-9H,10H2,1-3H3,(H,21,24)/b20-12-. The summed E-state index contributed by atoms with van der Waals surface area (Å²) in [7, 11) is 0. The van der Waals surface area contributed by atoms with Gasteiger partial charge in [-0.25, -0.2) is 14.9 Å². The smallest absolute Gasteiger partial charge is 0.264 e. The Kier molecular flexibility index (Phi) is 4.33. The van der Waals surface area contributed by atoms with Gasteiger partial charge in [0, 0.05) is 23.5 Å². The van der Waals surface area contributed by atoms with Gasteiger partial charge in [-0.2, -0.15) is 10.1 Å². The predicted octanol–water partition coefficient (Wildman–Crippen LogP) is 2.09. The van der Waals surface area contributed by atoms with E-state index in [1.165, 1.54) is 0 Å². The fourth-order valence-electron chi connectivity index (χ4n) is 2.39. The van der Waals surface area contributed by atoms with Crippen LogP contribution in [0.25, 0.3) is 5.78 Å². The van der Waals surface area contributed by atoms with Gasteiger partial charge in [-0.1, -0.05) is 30.3 Å². The first kappa shape index (κ1) is 15.8. The Balaban J connectivity index is 1.73. The lowest BCUT2D eigenvalue weighted by Crippen LogP contribution is -2.21. The van der Waals surface area contributed by atoms with Crippen LogP contribution < -0.4 is 5.43 Å². The second-order valence-electron chi connectivity index (χ2n) is 5.64. The summed E-state index contributed by atoms with van der Waals surface area (Å²) in [5, 5.41) is 8.29. The summed E-state index contributed by atoms with van der Waals surface area (Å²) in [6.45, 7) is 5.62. The van der Waals surface area contributed by atoms with Crippen molar-refractivity contribution in [3.05, 3.63) is 59.2 Å². The summed E-state index contributed by atoms with van der Waals surface area (Å²) in [6, 6.07) is 11.8. The molecule has 0 aliphatic heterocycles. The first-order valence-electron chi connectivity index (χ1n) is 7.61. The van der Waals surface area contributed by atoms with Crippen LogP contribution in [0.4, 0.5) is 0 Å². The summed E-state index contributed by atoms with van der Waals surface area (Å²) < 4.78 is 1.54. The molecule has 0 unspecified atom stereocenters. The lowest BCUT2D eigenvalue weighted by molar-refractivity contribution is 0.0944. The Bertz CT molecular complexity index is 913. The summed E-state index contributed by atoms with van der Waals surface area (Å²) in [5.41, 5.74) is 6.12. The Morgan fingerprint density at radius 3 is 2.71 bits per heavy atom. The van der Waals surface area contributed by atoms with Gasteiger partial charge in [0.05, 0.1) is 0 Å². The van der Waals surface area contributed by atoms with E-state index in [1.54, 1.807) is 4.52 Å². The summed E-state index contributed by atoms with van der Waals surface area (Å²) in [5.74, 6) is 0.0000583. The molecule has 3 aromatic rings. The van der Waals surface area contributed by atoms with Crippen molar-refractivity contribution in [2.75, 3.05) is 0 Å². The van der Waals surface area contributed by atoms with Crippen molar-refractivity contribution in [2.24, 2.45) is 5.10 Å². The fraction of sp³-hybridized carbons (Fsp3) is 0.235. The number of rotatable bonds is 4. The summed E-state index contributed by atoms with van der Waals surface area (Å²) >= 11 is 0. The van der Waals surface area contributed by atoms with Gasteiger partial charge in [0.25, 0.3) is 5.78 Å². The van der Waals surface area contributed by atoms with Crippen molar-refractivity contribution in [1.82, 2.24) is 25.0 Å². The Labute approximate surface area is 139 Å². The SMILES string of the molecule is C/C(Cc1ccccc1)=N/NC(=O)c1nc2nc(C)cc(C)n2n1. The van der Waals surface area contributed by atoms with Crippen LogP contribution in [0, 0.1) is 13.8 Å². The van der Waals surface area contributed by atoms with Crippen LogP contribution >= 0.6 is 0 Å². The number of aromatic nitrogens is 4. The second kappa shape index (κ2) is 6.57. The van der Waals surface area contributed by atoms with E-state index in [2.05, 4.69) is 25.6 Å². The zero-order valence-electron chi connectivity index (χ0n) is 13.8. The van der Waals surface area contributed by atoms with E-state index in [1.807, 2.05) is 57.2 Å². The highest BCUT2D eigenvalue weighted by Crippen LogP contribution is 2.05. The molecular weight excluding hydrogens is 304 g/mol. The van der Waals surface area contributed by atoms with Gasteiger partial charge in [-0.3, -0.25) is 4.79 Å². The molecule has 2 heterocycles. The van der Waals surface area contributed by atoms with Crippen LogP contribution in [0.3, 0.4) is 0 Å². The number of hydrogen-bond donors (Lipinski definition) is 1. The molecule has 122 valence electrons. The Morgan fingerprint density at radius 2 is 1.96 bits per heavy atom. The maximum atomic E-state index is 12.2. The first-order chi connectivity index (χ1) is 11.5. The largest absolute Gasteiger partial charge is 0.311 e. The predicted molar refractivity (Wildman–Crippen MR) is 91.0 cm³/mol. The van der Waals surface area contributed by atoms with E-state index in [0.29, 0.717) is 12.2 Å². The van der Waals surface area contributed by atoms with Crippen LogP contribution in [-0.4, -0.2) is 31.2 Å². The first-order valence-corrected chi connectivity index (χ1v) is 7.61. The molecule has 0 fully saturated rings. The second-order valence-corrected chi connectivity index (χ2v) is 5.64. The monoisotopic (exact) mass is 322 g/mol. The van der Waals surface area contributed by atoms with Crippen LogP contribution in [0.5, 0.6) is 0 Å². The molecule has 0 saturated heterocycles. The molecule has 1 N–H and O–H groups in total. The molecule has 0 bridgehead atoms. The van der Waals surface area contributed by atoms with Crippen molar-refractivity contribution < 1.29 is 4.79 Å². The van der Waals surface area contributed by atoms with E-state index in [0.717, 1.165) is 22.7 Å². The fourth-order valence-corrected chi connectivity index (χ4v) is 2.39. The number of nitrogens with zero attached hydrogens (tertiary/aromatic N) is 5. The number of benzene rings is 1. The number of nitrogens with one attached hydrogen (secondary N) is 1. The zero-order valence-corrected chi connectivity index (χ0v) is 13.8. The van der Waals surface area contributed by atoms with E-state index < -0.39 is 5.91 Å². The molecule has 7 nitrogen and oxygen atoms in total. The van der Waals surface area contributed by atoms with E-state index in [9.17, 15) is 4.79 Å². The molecule has 0 aliphatic carbocycles. The minimum Gasteiger partial charge on any atom is -0.264 e. The van der Waals surface area contributed by atoms with Gasteiger partial charge >= 0.3 is 5.91 Å². The highest BCUT2D eigenvalue weighted by atomic mass is 16.2. The van der Waals surface area contributed by atoms with Gasteiger partial charge in [0.2, 0.25) is 5.82 Å². The maximum Gasteiger partial charge on any atom is 0.311 e. The van der Waals surface area contributed by atoms with E-state index in [-0.39, 0.29) is 5.82 Å². The van der Waals surface area contributed by atoms with Crippen molar-refractivity contribution in [3.63, 3.8) is 0 Å². The van der Waals surface area contributed by atoms with Crippen molar-refractivity contribution in [2.45, 2.75) is 27.2 Å². The third-order valence-corrected chi connectivity index (χ3v) is 3.47. The molecule has 7 heteroatoms. The Hall–Kier alpha value is -3.09. The maximum absolute atomic E-state index is 12.2. The summed E-state index contributed by atoms with van der Waals surface area (Å²) in [6.07, 6.45) is 0.666. The molecule has 3 rings (SSSR count). The van der Waals surface area contributed by atoms with Gasteiger partial charge in [0.1, 0.15) is 0 Å². The molecule has 1 aromatic carbocycles. The third kappa shape index (κ3) is 3.45. The van der Waals surface area contributed by atoms with Crippen molar-refractivity contribution >= 4 is 17.4 Å². The van der Waals surface area contributed by atoms with Gasteiger partial charge < -0.3 is 0 Å². The number of hydrazone groups is 1. The van der Waals surface area contributed by atoms with Crippen molar-refractivity contribution in [1.29, 1.82) is 0 Å². The van der Waals surface area contributed by atoms with E-state index in [4.69, 9.17) is 0 Å². The normalized spacial score (nSPS) is 11.7. The lowest BCUT2D eigenvalue weighted by Gasteiger charge is -2.01. The number of carbonyl (C=O) groups excluding carboxylic acids is 1. The summed E-state index contributed by atoms with van der Waals surface area (Å²) in [4.78, 5) is 20.6. The average molecular weight is 322 g/mol. The van der Waals surface area contributed by atoms with Crippen LogP contribution in [0.15, 0.2) is 41.5 Å². The molecule has 0 atom stereocenters. The van der Waals surface area contributed by atoms with Crippen LogP contribution in [0.1, 0.15) is 34.5 Å². The number of hydrogen-bond acceptors (Lipinski definition) is 5. The minimum atomic E-state index is -0.454. The number of aryl methyl sites for hydroxylation is 2. The molecular formula is C17H18N6O. The van der Waals surface area contributed by atoms with Gasteiger partial charge in [-0.05, 0) is 32.4 Å². The molecule has 0 saturated carbocycles. The van der Waals surface area contributed by atoms with Gasteiger partial charge in [0.15, 0.2) is 0 Å². The topological polar surface area (TPSA) is 84.5 Å². The van der Waals surface area contributed by atoms with E-state index >= 15 is 0 Å². The van der Waals surface area contributed by atoms with Crippen LogP contribution in [-0.2, 0) is 6.42 Å². The zero-order chi connectivity index (χ0) is 17.1. The van der Waals surface area contributed by atoms with Crippen LogP contribution in [0.2, 0.25) is 0 Å². The average Bonchev–Trinajstić information content (AvgIpc) is 2.98. The molecule has 0 aliphatic rings. The lowest BCUT2D eigenvalue weighted by atomic mass is 10.1.